The molecule has 1 atom stereocenters. The molecule has 0 aromatic heterocycles. The van der Waals surface area contributed by atoms with Crippen LogP contribution in [0.1, 0.15) is 16.8 Å². The minimum atomic E-state index is -0.859. The van der Waals surface area contributed by atoms with E-state index in [-0.39, 0.29) is 22.4 Å². The monoisotopic (exact) mass is 328 g/mol. The van der Waals surface area contributed by atoms with E-state index in [4.69, 9.17) is 0 Å². The average Bonchev–Trinajstić information content (AvgIpc) is 2.57. The van der Waals surface area contributed by atoms with Crippen LogP contribution in [-0.2, 0) is 9.59 Å². The number of imide groups is 1. The molecule has 2 rings (SSSR count). The predicted molar refractivity (Wildman–Crippen MR) is 67.7 cm³/mol. The molecule has 1 heterocycles. The van der Waals surface area contributed by atoms with Crippen molar-refractivity contribution in [2.75, 3.05) is 7.05 Å². The lowest BCUT2D eigenvalue weighted by Crippen LogP contribution is -2.40. The van der Waals surface area contributed by atoms with E-state index in [1.165, 1.54) is 13.1 Å². The molecule has 0 spiro atoms. The van der Waals surface area contributed by atoms with Crippen LogP contribution in [0.25, 0.3) is 0 Å². The second-order valence-electron chi connectivity index (χ2n) is 4.15. The topological polar surface area (TPSA) is 66.5 Å². The molecule has 1 unspecified atom stereocenters. The van der Waals surface area contributed by atoms with E-state index in [0.29, 0.717) is 0 Å². The first kappa shape index (κ1) is 13.7. The fraction of sp³-hybridized carbons (Fsp3) is 0.250. The molecule has 1 N–H and O–H groups in total. The van der Waals surface area contributed by atoms with Gasteiger partial charge in [0.05, 0.1) is 12.0 Å². The highest BCUT2D eigenvalue weighted by atomic mass is 79.9. The summed E-state index contributed by atoms with van der Waals surface area (Å²) in [6.45, 7) is 0. The van der Waals surface area contributed by atoms with Gasteiger partial charge in [0.15, 0.2) is 0 Å². The van der Waals surface area contributed by atoms with Crippen molar-refractivity contribution in [2.24, 2.45) is 0 Å². The van der Waals surface area contributed by atoms with E-state index in [0.717, 1.165) is 17.0 Å². The molecule has 0 saturated carbocycles. The molecule has 0 aliphatic carbocycles. The number of amides is 3. The highest BCUT2D eigenvalue weighted by Gasteiger charge is 2.37. The number of carbonyl (C=O) groups excluding carboxylic acids is 3. The van der Waals surface area contributed by atoms with E-state index >= 15 is 0 Å². The fourth-order valence-electron chi connectivity index (χ4n) is 1.78. The first-order chi connectivity index (χ1) is 8.90. The van der Waals surface area contributed by atoms with Crippen LogP contribution in [0.15, 0.2) is 22.7 Å². The molecular weight excluding hydrogens is 319 g/mol. The van der Waals surface area contributed by atoms with Gasteiger partial charge in [0.25, 0.3) is 11.8 Å². The predicted octanol–water partition coefficient (Wildman–Crippen LogP) is 1.08. The number of carbonyl (C=O) groups is 3. The zero-order chi connectivity index (χ0) is 14.2. The number of rotatable bonds is 2. The van der Waals surface area contributed by atoms with Crippen molar-refractivity contribution in [3.05, 3.63) is 34.1 Å². The van der Waals surface area contributed by atoms with Gasteiger partial charge in [0, 0.05) is 11.5 Å². The van der Waals surface area contributed by atoms with Crippen LogP contribution in [0.4, 0.5) is 4.39 Å². The third kappa shape index (κ3) is 2.65. The average molecular weight is 329 g/mol. The third-order valence-corrected chi connectivity index (χ3v) is 3.52. The summed E-state index contributed by atoms with van der Waals surface area (Å²) in [6.07, 6.45) is -0.0557. The molecule has 0 bridgehead atoms. The number of nitrogens with zero attached hydrogens (tertiary/aromatic N) is 1. The van der Waals surface area contributed by atoms with Gasteiger partial charge in [-0.3, -0.25) is 19.3 Å². The largest absolute Gasteiger partial charge is 0.340 e. The van der Waals surface area contributed by atoms with Crippen LogP contribution in [0.3, 0.4) is 0 Å². The number of nitrogens with one attached hydrogen (secondary N) is 1. The molecule has 7 heteroatoms. The van der Waals surface area contributed by atoms with E-state index in [1.807, 2.05) is 0 Å². The maximum absolute atomic E-state index is 12.9. The van der Waals surface area contributed by atoms with Gasteiger partial charge < -0.3 is 5.32 Å². The lowest BCUT2D eigenvalue weighted by Gasteiger charge is -2.11. The highest BCUT2D eigenvalue weighted by Crippen LogP contribution is 2.19. The first-order valence-corrected chi connectivity index (χ1v) is 6.25. The zero-order valence-electron chi connectivity index (χ0n) is 9.94. The Morgan fingerprint density at radius 2 is 2.16 bits per heavy atom. The van der Waals surface area contributed by atoms with Crippen LogP contribution in [0.2, 0.25) is 0 Å². The summed E-state index contributed by atoms with van der Waals surface area (Å²) in [5.41, 5.74) is 0.205. The molecule has 5 nitrogen and oxygen atoms in total. The van der Waals surface area contributed by atoms with Gasteiger partial charge in [-0.1, -0.05) is 0 Å². The normalized spacial score (nSPS) is 18.9. The molecule has 1 fully saturated rings. The van der Waals surface area contributed by atoms with Crippen LogP contribution < -0.4 is 5.32 Å². The van der Waals surface area contributed by atoms with Gasteiger partial charge in [-0.25, -0.2) is 4.39 Å². The van der Waals surface area contributed by atoms with Crippen LogP contribution >= 0.6 is 15.9 Å². The second kappa shape index (κ2) is 5.08. The number of likely N-dealkylation sites (tertiary alicyclic amines) is 1. The van der Waals surface area contributed by atoms with Crippen molar-refractivity contribution >= 4 is 33.7 Å². The summed E-state index contributed by atoms with van der Waals surface area (Å²) >= 11 is 3.07. The number of hydrogen-bond acceptors (Lipinski definition) is 3. The Morgan fingerprint density at radius 3 is 2.68 bits per heavy atom. The Hall–Kier alpha value is -1.76. The molecule has 1 aromatic carbocycles. The summed E-state index contributed by atoms with van der Waals surface area (Å²) in [5, 5.41) is 2.46. The molecule has 19 heavy (non-hydrogen) atoms. The highest BCUT2D eigenvalue weighted by molar-refractivity contribution is 9.10. The molecule has 1 aliphatic rings. The minimum absolute atomic E-state index is 0.0557. The van der Waals surface area contributed by atoms with Crippen LogP contribution in [-0.4, -0.2) is 35.7 Å². The van der Waals surface area contributed by atoms with Gasteiger partial charge >= 0.3 is 0 Å². The van der Waals surface area contributed by atoms with Gasteiger partial charge in [-0.05, 0) is 34.1 Å². The molecule has 0 radical (unpaired) electrons. The quantitative estimate of drug-likeness (QED) is 0.826. The summed E-state index contributed by atoms with van der Waals surface area (Å²) in [4.78, 5) is 35.9. The van der Waals surface area contributed by atoms with E-state index < -0.39 is 23.7 Å². The van der Waals surface area contributed by atoms with Crippen molar-refractivity contribution in [1.29, 1.82) is 0 Å². The Bertz CT molecular complexity index is 576. The van der Waals surface area contributed by atoms with Crippen molar-refractivity contribution in [1.82, 2.24) is 10.2 Å². The number of benzene rings is 1. The number of likely N-dealkylation sites (N-methyl/N-ethyl adjacent to an activating group) is 1. The minimum Gasteiger partial charge on any atom is -0.340 e. The number of halogens is 2. The van der Waals surface area contributed by atoms with E-state index in [1.54, 1.807) is 0 Å². The van der Waals surface area contributed by atoms with Crippen molar-refractivity contribution < 1.29 is 18.8 Å². The second-order valence-corrected chi connectivity index (χ2v) is 5.00. The van der Waals surface area contributed by atoms with Gasteiger partial charge in [-0.15, -0.1) is 0 Å². The van der Waals surface area contributed by atoms with Crippen molar-refractivity contribution in [3.63, 3.8) is 0 Å². The van der Waals surface area contributed by atoms with Crippen molar-refractivity contribution in [2.45, 2.75) is 12.5 Å². The summed E-state index contributed by atoms with van der Waals surface area (Å²) in [7, 11) is 1.37. The Balaban J connectivity index is 2.14. The zero-order valence-corrected chi connectivity index (χ0v) is 11.5. The van der Waals surface area contributed by atoms with E-state index in [9.17, 15) is 18.8 Å². The van der Waals surface area contributed by atoms with Crippen molar-refractivity contribution in [3.8, 4) is 0 Å². The molecule has 100 valence electrons. The molecular formula is C12H10BrFN2O3. The smallest absolute Gasteiger partial charge is 0.253 e. The SMILES string of the molecule is CN1C(=O)CC(NC(=O)c2ccc(F)cc2Br)C1=O. The molecule has 1 aliphatic heterocycles. The Morgan fingerprint density at radius 1 is 1.47 bits per heavy atom. The lowest BCUT2D eigenvalue weighted by atomic mass is 10.2. The Kier molecular flexibility index (Phi) is 3.66. The standard InChI is InChI=1S/C12H10BrFN2O3/c1-16-10(17)5-9(12(16)19)15-11(18)7-3-2-6(14)4-8(7)13/h2-4,9H,5H2,1H3,(H,15,18). The molecule has 1 aromatic rings. The van der Waals surface area contributed by atoms with Gasteiger partial charge in [0.1, 0.15) is 11.9 Å². The lowest BCUT2D eigenvalue weighted by molar-refractivity contribution is -0.137. The maximum atomic E-state index is 12.9. The Labute approximate surface area is 116 Å². The number of hydrogen-bond donors (Lipinski definition) is 1. The third-order valence-electron chi connectivity index (χ3n) is 2.86. The first-order valence-electron chi connectivity index (χ1n) is 5.46. The summed E-state index contributed by atoms with van der Waals surface area (Å²) < 4.78 is 13.2. The van der Waals surface area contributed by atoms with Gasteiger partial charge in [-0.2, -0.15) is 0 Å². The fourth-order valence-corrected chi connectivity index (χ4v) is 2.31. The summed E-state index contributed by atoms with van der Waals surface area (Å²) in [5.74, 6) is -1.80. The maximum Gasteiger partial charge on any atom is 0.253 e. The van der Waals surface area contributed by atoms with Crippen LogP contribution in [0.5, 0.6) is 0 Å². The van der Waals surface area contributed by atoms with E-state index in [2.05, 4.69) is 21.2 Å². The summed E-state index contributed by atoms with van der Waals surface area (Å²) in [6, 6.07) is 2.75. The molecule has 3 amide bonds. The molecule has 1 saturated heterocycles. The van der Waals surface area contributed by atoms with Gasteiger partial charge in [0.2, 0.25) is 5.91 Å². The van der Waals surface area contributed by atoms with Crippen LogP contribution in [0, 0.1) is 5.82 Å².